The van der Waals surface area contributed by atoms with Crippen LogP contribution in [0.5, 0.6) is 0 Å². The van der Waals surface area contributed by atoms with Gasteiger partial charge in [-0.1, -0.05) is 6.07 Å². The first-order valence-corrected chi connectivity index (χ1v) is 6.99. The summed E-state index contributed by atoms with van der Waals surface area (Å²) in [5.74, 6) is 0.0673. The minimum absolute atomic E-state index is 0.0673. The van der Waals surface area contributed by atoms with Crippen molar-refractivity contribution in [1.82, 2.24) is 15.1 Å². The van der Waals surface area contributed by atoms with Gasteiger partial charge in [-0.15, -0.1) is 11.3 Å². The Morgan fingerprint density at radius 3 is 2.82 bits per heavy atom. The lowest BCUT2D eigenvalue weighted by molar-refractivity contribution is 0.0138. The summed E-state index contributed by atoms with van der Waals surface area (Å²) in [5.41, 5.74) is 0. The molecule has 92 valence electrons. The standard InChI is InChI=1S/C12H17N3OS/c16-12(11-2-1-7-17-11)13-8-10-9-14-3-5-15(10)6-4-14/h1-2,7,10H,3-6,8-9H2,(H,13,16). The van der Waals surface area contributed by atoms with E-state index in [9.17, 15) is 4.79 Å². The molecule has 1 unspecified atom stereocenters. The molecule has 1 N–H and O–H groups in total. The molecule has 3 aliphatic heterocycles. The van der Waals surface area contributed by atoms with Crippen LogP contribution in [-0.2, 0) is 0 Å². The molecule has 1 atom stereocenters. The van der Waals surface area contributed by atoms with E-state index in [0.29, 0.717) is 6.04 Å². The third kappa shape index (κ3) is 2.36. The number of hydrogen-bond acceptors (Lipinski definition) is 4. The number of fused-ring (bicyclic) bond motifs is 3. The van der Waals surface area contributed by atoms with Crippen molar-refractivity contribution in [3.05, 3.63) is 22.4 Å². The number of amides is 1. The average Bonchev–Trinajstić information content (AvgIpc) is 2.91. The molecular weight excluding hydrogens is 234 g/mol. The molecule has 0 aromatic carbocycles. The Labute approximate surface area is 105 Å². The number of nitrogens with one attached hydrogen (secondary N) is 1. The fraction of sp³-hybridized carbons (Fsp3) is 0.583. The fourth-order valence-electron chi connectivity index (χ4n) is 2.62. The Hall–Kier alpha value is -0.910. The van der Waals surface area contributed by atoms with E-state index in [4.69, 9.17) is 0 Å². The second-order valence-corrected chi connectivity index (χ2v) is 5.63. The van der Waals surface area contributed by atoms with E-state index in [1.54, 1.807) is 0 Å². The van der Waals surface area contributed by atoms with Gasteiger partial charge in [0.25, 0.3) is 5.91 Å². The average molecular weight is 251 g/mol. The molecule has 1 aromatic heterocycles. The van der Waals surface area contributed by atoms with Crippen molar-refractivity contribution in [1.29, 1.82) is 0 Å². The van der Waals surface area contributed by atoms with Crippen molar-refractivity contribution < 1.29 is 4.79 Å². The van der Waals surface area contributed by atoms with Crippen LogP contribution in [0, 0.1) is 0 Å². The summed E-state index contributed by atoms with van der Waals surface area (Å²) in [7, 11) is 0. The van der Waals surface area contributed by atoms with E-state index in [0.717, 1.165) is 31.1 Å². The number of carbonyl (C=O) groups excluding carboxylic acids is 1. The van der Waals surface area contributed by atoms with Crippen LogP contribution in [0.15, 0.2) is 17.5 Å². The molecule has 0 aliphatic carbocycles. The number of piperazine rings is 3. The van der Waals surface area contributed by atoms with Gasteiger partial charge < -0.3 is 5.32 Å². The van der Waals surface area contributed by atoms with E-state index in [1.165, 1.54) is 24.4 Å². The topological polar surface area (TPSA) is 35.6 Å². The lowest BCUT2D eigenvalue weighted by atomic mass is 10.1. The Bertz CT molecular complexity index is 384. The number of nitrogens with zero attached hydrogens (tertiary/aromatic N) is 2. The maximum Gasteiger partial charge on any atom is 0.261 e. The van der Waals surface area contributed by atoms with Crippen LogP contribution in [0.3, 0.4) is 0 Å². The zero-order chi connectivity index (χ0) is 11.7. The summed E-state index contributed by atoms with van der Waals surface area (Å²) in [6, 6.07) is 4.29. The van der Waals surface area contributed by atoms with Crippen LogP contribution in [0.4, 0.5) is 0 Å². The van der Waals surface area contributed by atoms with Gasteiger partial charge >= 0.3 is 0 Å². The summed E-state index contributed by atoms with van der Waals surface area (Å²) in [6.07, 6.45) is 0. The molecule has 3 fully saturated rings. The molecule has 1 aromatic rings. The van der Waals surface area contributed by atoms with E-state index in [2.05, 4.69) is 15.1 Å². The van der Waals surface area contributed by atoms with Gasteiger partial charge in [0.05, 0.1) is 4.88 Å². The first-order valence-electron chi connectivity index (χ1n) is 6.11. The van der Waals surface area contributed by atoms with Crippen molar-refractivity contribution in [2.75, 3.05) is 39.3 Å². The van der Waals surface area contributed by atoms with Crippen molar-refractivity contribution in [3.63, 3.8) is 0 Å². The number of hydrogen-bond donors (Lipinski definition) is 1. The summed E-state index contributed by atoms with van der Waals surface area (Å²) in [4.78, 5) is 17.6. The van der Waals surface area contributed by atoms with Crippen LogP contribution < -0.4 is 5.32 Å². The van der Waals surface area contributed by atoms with Gasteiger partial charge in [-0.25, -0.2) is 0 Å². The molecular formula is C12H17N3OS. The van der Waals surface area contributed by atoms with E-state index in [1.807, 2.05) is 17.5 Å². The van der Waals surface area contributed by atoms with Gasteiger partial charge in [0.1, 0.15) is 0 Å². The molecule has 0 radical (unpaired) electrons. The summed E-state index contributed by atoms with van der Waals surface area (Å²) in [6.45, 7) is 6.56. The number of rotatable bonds is 3. The third-order valence-corrected chi connectivity index (χ3v) is 4.50. The third-order valence-electron chi connectivity index (χ3n) is 3.64. The van der Waals surface area contributed by atoms with Gasteiger partial charge in [-0.05, 0) is 11.4 Å². The largest absolute Gasteiger partial charge is 0.350 e. The minimum Gasteiger partial charge on any atom is -0.350 e. The van der Waals surface area contributed by atoms with Crippen molar-refractivity contribution in [3.8, 4) is 0 Å². The lowest BCUT2D eigenvalue weighted by Crippen LogP contribution is -2.63. The first kappa shape index (κ1) is 11.2. The monoisotopic (exact) mass is 251 g/mol. The summed E-state index contributed by atoms with van der Waals surface area (Å²) in [5, 5.41) is 4.98. The molecule has 2 bridgehead atoms. The van der Waals surface area contributed by atoms with Gasteiger partial charge in [0.2, 0.25) is 0 Å². The van der Waals surface area contributed by atoms with E-state index < -0.39 is 0 Å². The quantitative estimate of drug-likeness (QED) is 0.848. The summed E-state index contributed by atoms with van der Waals surface area (Å²) >= 11 is 1.50. The van der Waals surface area contributed by atoms with Gasteiger partial charge in [0.15, 0.2) is 0 Å². The highest BCUT2D eigenvalue weighted by molar-refractivity contribution is 7.12. The molecule has 3 aliphatic rings. The maximum absolute atomic E-state index is 11.8. The van der Waals surface area contributed by atoms with Crippen LogP contribution in [0.25, 0.3) is 0 Å². The molecule has 4 rings (SSSR count). The number of thiophene rings is 1. The fourth-order valence-corrected chi connectivity index (χ4v) is 3.26. The van der Waals surface area contributed by atoms with Crippen molar-refractivity contribution in [2.45, 2.75) is 6.04 Å². The SMILES string of the molecule is O=C(NCC1CN2CCN1CC2)c1cccs1. The maximum atomic E-state index is 11.8. The number of carbonyl (C=O) groups is 1. The normalized spacial score (nSPS) is 31.4. The van der Waals surface area contributed by atoms with Crippen LogP contribution in [0.2, 0.25) is 0 Å². The van der Waals surface area contributed by atoms with Gasteiger partial charge in [-0.2, -0.15) is 0 Å². The summed E-state index contributed by atoms with van der Waals surface area (Å²) < 4.78 is 0. The Kier molecular flexibility index (Phi) is 3.13. The van der Waals surface area contributed by atoms with Crippen LogP contribution in [0.1, 0.15) is 9.67 Å². The smallest absolute Gasteiger partial charge is 0.261 e. The lowest BCUT2D eigenvalue weighted by Gasteiger charge is -2.47. The molecule has 17 heavy (non-hydrogen) atoms. The first-order chi connectivity index (χ1) is 8.33. The minimum atomic E-state index is 0.0673. The highest BCUT2D eigenvalue weighted by Gasteiger charge is 2.31. The Morgan fingerprint density at radius 1 is 1.41 bits per heavy atom. The van der Waals surface area contributed by atoms with Crippen molar-refractivity contribution >= 4 is 17.2 Å². The van der Waals surface area contributed by atoms with E-state index >= 15 is 0 Å². The van der Waals surface area contributed by atoms with Gasteiger partial charge in [0, 0.05) is 45.3 Å². The molecule has 3 saturated heterocycles. The predicted molar refractivity (Wildman–Crippen MR) is 68.5 cm³/mol. The van der Waals surface area contributed by atoms with Gasteiger partial charge in [-0.3, -0.25) is 14.6 Å². The van der Waals surface area contributed by atoms with E-state index in [-0.39, 0.29) is 5.91 Å². The molecule has 5 heteroatoms. The van der Waals surface area contributed by atoms with Crippen LogP contribution in [-0.4, -0.2) is 61.0 Å². The van der Waals surface area contributed by atoms with Crippen LogP contribution >= 0.6 is 11.3 Å². The molecule has 1 amide bonds. The molecule has 4 nitrogen and oxygen atoms in total. The second kappa shape index (κ2) is 4.76. The second-order valence-electron chi connectivity index (χ2n) is 4.68. The predicted octanol–water partition coefficient (Wildman–Crippen LogP) is 0.478. The zero-order valence-electron chi connectivity index (χ0n) is 9.76. The highest BCUT2D eigenvalue weighted by Crippen LogP contribution is 2.15. The van der Waals surface area contributed by atoms with Crippen molar-refractivity contribution in [2.24, 2.45) is 0 Å². The molecule has 0 saturated carbocycles. The molecule has 0 spiro atoms. The highest BCUT2D eigenvalue weighted by atomic mass is 32.1. The molecule has 4 heterocycles. The Balaban J connectivity index is 1.53. The zero-order valence-corrected chi connectivity index (χ0v) is 10.6. The Morgan fingerprint density at radius 2 is 2.24 bits per heavy atom.